The zero-order valence-electron chi connectivity index (χ0n) is 20.9. The number of allylic oxidation sites excluding steroid dienone is 3. The van der Waals surface area contributed by atoms with Gasteiger partial charge in [0.25, 0.3) is 0 Å². The number of hydrogen-bond donors (Lipinski definition) is 3. The van der Waals surface area contributed by atoms with Crippen LogP contribution in [0, 0.1) is 12.3 Å². The van der Waals surface area contributed by atoms with E-state index >= 15 is 0 Å². The molecule has 0 amide bonds. The number of anilines is 1. The summed E-state index contributed by atoms with van der Waals surface area (Å²) in [6.45, 7) is 15.7. The van der Waals surface area contributed by atoms with Crippen molar-refractivity contribution in [1.82, 2.24) is 0 Å². The summed E-state index contributed by atoms with van der Waals surface area (Å²) >= 11 is 0. The van der Waals surface area contributed by atoms with Crippen LogP contribution in [0.25, 0.3) is 11.1 Å². The Balaban J connectivity index is 0.00000189. The Morgan fingerprint density at radius 3 is 2.21 bits per heavy atom. The Bertz CT molecular complexity index is 997. The summed E-state index contributed by atoms with van der Waals surface area (Å²) < 4.78 is 0. The summed E-state index contributed by atoms with van der Waals surface area (Å²) in [6.07, 6.45) is 10.1. The Morgan fingerprint density at radius 2 is 1.73 bits per heavy atom. The third kappa shape index (κ3) is 9.21. The predicted molar refractivity (Wildman–Crippen MR) is 150 cm³/mol. The van der Waals surface area contributed by atoms with E-state index in [0.29, 0.717) is 5.84 Å². The molecule has 176 valence electrons. The highest BCUT2D eigenvalue weighted by molar-refractivity contribution is 6.04. The van der Waals surface area contributed by atoms with E-state index in [0.717, 1.165) is 39.2 Å². The van der Waals surface area contributed by atoms with E-state index in [-0.39, 0.29) is 0 Å². The van der Waals surface area contributed by atoms with E-state index in [1.165, 1.54) is 19.7 Å². The quantitative estimate of drug-likeness (QED) is 0.241. The van der Waals surface area contributed by atoms with E-state index in [1.54, 1.807) is 6.08 Å². The smallest absolute Gasteiger partial charge is 0.159 e. The van der Waals surface area contributed by atoms with Crippen LogP contribution in [0.2, 0.25) is 0 Å². The van der Waals surface area contributed by atoms with Gasteiger partial charge in [-0.1, -0.05) is 63.3 Å². The van der Waals surface area contributed by atoms with Crippen molar-refractivity contribution in [3.8, 4) is 11.1 Å². The number of nitrogens with one attached hydrogen (secondary N) is 2. The second-order valence-corrected chi connectivity index (χ2v) is 6.85. The summed E-state index contributed by atoms with van der Waals surface area (Å²) in [6, 6.07) is 12.1. The monoisotopic (exact) mass is 445 g/mol. The number of nitrogens with two attached hydrogens (primary N) is 1. The van der Waals surface area contributed by atoms with Crippen LogP contribution >= 0.6 is 0 Å². The lowest BCUT2D eigenvalue weighted by atomic mass is 10.00. The lowest BCUT2D eigenvalue weighted by molar-refractivity contribution is 1.09. The van der Waals surface area contributed by atoms with Gasteiger partial charge in [-0.15, -0.1) is 0 Å². The second kappa shape index (κ2) is 17.0. The van der Waals surface area contributed by atoms with Crippen molar-refractivity contribution in [1.29, 1.82) is 5.41 Å². The summed E-state index contributed by atoms with van der Waals surface area (Å²) in [7, 11) is 3.35. The first-order chi connectivity index (χ1) is 16.0. The van der Waals surface area contributed by atoms with Gasteiger partial charge >= 0.3 is 0 Å². The van der Waals surface area contributed by atoms with E-state index in [9.17, 15) is 0 Å². The molecule has 0 heterocycles. The van der Waals surface area contributed by atoms with Gasteiger partial charge in [-0.3, -0.25) is 0 Å². The van der Waals surface area contributed by atoms with E-state index < -0.39 is 0 Å². The van der Waals surface area contributed by atoms with E-state index in [4.69, 9.17) is 5.41 Å². The topological polar surface area (TPSA) is 86.6 Å². The number of aliphatic imine (C=N–C) groups is 2. The highest BCUT2D eigenvalue weighted by atomic mass is 14.9. The van der Waals surface area contributed by atoms with Crippen molar-refractivity contribution in [2.45, 2.75) is 34.1 Å². The third-order valence-corrected chi connectivity index (χ3v) is 4.33. The lowest BCUT2D eigenvalue weighted by Gasteiger charge is -2.10. The van der Waals surface area contributed by atoms with Crippen LogP contribution < -0.4 is 11.1 Å². The first-order valence-corrected chi connectivity index (χ1v) is 11.0. The van der Waals surface area contributed by atoms with Crippen LogP contribution in [-0.4, -0.2) is 32.9 Å². The number of aryl methyl sites for hydroxylation is 1. The summed E-state index contributed by atoms with van der Waals surface area (Å²) in [4.78, 5) is 8.73. The van der Waals surface area contributed by atoms with Gasteiger partial charge in [-0.2, -0.15) is 0 Å². The van der Waals surface area contributed by atoms with Gasteiger partial charge in [0.05, 0.1) is 5.69 Å². The standard InChI is InChI=1S/C24H26N4.C3H8.CH5N/c1-6-8-9-18(7-2)24(27-5)28-22-12-10-19(14-17(22)3)20-11-13-23(26-4)21(15-20)16-25;1-3-2;1-2/h6-16,25-26H,2,5H2,1,3-4H3;3H2,1-2H3;2H2,1H3/b8-6-,18-9+,25-16?,28-24?;;. The van der Waals surface area contributed by atoms with Crippen LogP contribution in [0.4, 0.5) is 11.4 Å². The summed E-state index contributed by atoms with van der Waals surface area (Å²) in [5.41, 5.74) is 11.1. The number of benzene rings is 2. The Hall–Kier alpha value is -3.57. The molecule has 4 N–H and O–H groups in total. The fourth-order valence-corrected chi connectivity index (χ4v) is 2.79. The van der Waals surface area contributed by atoms with Crippen molar-refractivity contribution in [2.75, 3.05) is 19.4 Å². The van der Waals surface area contributed by atoms with Gasteiger partial charge in [0, 0.05) is 30.1 Å². The van der Waals surface area contributed by atoms with Crippen molar-refractivity contribution < 1.29 is 0 Å². The molecule has 0 aliphatic heterocycles. The molecule has 0 fully saturated rings. The molecule has 5 heteroatoms. The second-order valence-electron chi connectivity index (χ2n) is 6.85. The normalized spacial score (nSPS) is 11.0. The molecular formula is C28H39N5. The van der Waals surface area contributed by atoms with Crippen LogP contribution in [0.5, 0.6) is 0 Å². The molecule has 0 spiro atoms. The van der Waals surface area contributed by atoms with Crippen LogP contribution in [0.15, 0.2) is 82.8 Å². The molecule has 0 saturated heterocycles. The Morgan fingerprint density at radius 1 is 1.12 bits per heavy atom. The maximum Gasteiger partial charge on any atom is 0.159 e. The highest BCUT2D eigenvalue weighted by Crippen LogP contribution is 2.29. The first-order valence-electron chi connectivity index (χ1n) is 11.0. The van der Waals surface area contributed by atoms with Gasteiger partial charge < -0.3 is 16.5 Å². The zero-order valence-corrected chi connectivity index (χ0v) is 20.9. The Kier molecular flexibility index (Phi) is 15.2. The van der Waals surface area contributed by atoms with Gasteiger partial charge in [0.2, 0.25) is 0 Å². The van der Waals surface area contributed by atoms with E-state index in [2.05, 4.69) is 54.2 Å². The molecule has 0 saturated carbocycles. The van der Waals surface area contributed by atoms with E-state index in [1.807, 2.05) is 69.5 Å². The molecule has 2 aromatic carbocycles. The maximum atomic E-state index is 7.61. The molecule has 0 atom stereocenters. The molecule has 0 aliphatic rings. The number of amidine groups is 1. The molecule has 0 radical (unpaired) electrons. The van der Waals surface area contributed by atoms with Crippen LogP contribution in [-0.2, 0) is 0 Å². The van der Waals surface area contributed by atoms with Gasteiger partial charge in [0.15, 0.2) is 5.84 Å². The van der Waals surface area contributed by atoms with Gasteiger partial charge in [-0.25, -0.2) is 9.98 Å². The molecular weight excluding hydrogens is 406 g/mol. The Labute approximate surface area is 200 Å². The molecule has 33 heavy (non-hydrogen) atoms. The number of nitrogens with zero attached hydrogens (tertiary/aromatic N) is 2. The molecule has 0 aromatic heterocycles. The lowest BCUT2D eigenvalue weighted by Crippen LogP contribution is -1.96. The van der Waals surface area contributed by atoms with Crippen LogP contribution in [0.1, 0.15) is 38.3 Å². The minimum atomic E-state index is 0.536. The zero-order chi connectivity index (χ0) is 25.2. The molecule has 2 rings (SSSR count). The van der Waals surface area contributed by atoms with Gasteiger partial charge in [-0.05, 0) is 68.6 Å². The highest BCUT2D eigenvalue weighted by Gasteiger charge is 2.07. The molecule has 5 nitrogen and oxygen atoms in total. The van der Waals surface area contributed by atoms with Crippen LogP contribution in [0.3, 0.4) is 0 Å². The van der Waals surface area contributed by atoms with Crippen molar-refractivity contribution >= 4 is 30.1 Å². The SMILES string of the molecule is C=C/C(=C\C=C/C)C(N=C)=Nc1ccc(-c2ccc(NC)c(C=N)c2)cc1C.CCC.CN. The first kappa shape index (κ1) is 29.4. The minimum absolute atomic E-state index is 0.536. The summed E-state index contributed by atoms with van der Waals surface area (Å²) in [5, 5.41) is 10.7. The fourth-order valence-electron chi connectivity index (χ4n) is 2.79. The number of rotatable bonds is 7. The molecule has 0 aliphatic carbocycles. The fraction of sp³-hybridized carbons (Fsp3) is 0.250. The minimum Gasteiger partial charge on any atom is -0.388 e. The average molecular weight is 446 g/mol. The summed E-state index contributed by atoms with van der Waals surface area (Å²) in [5.74, 6) is 0.536. The van der Waals surface area contributed by atoms with Crippen molar-refractivity contribution in [3.05, 3.63) is 84.0 Å². The molecule has 0 unspecified atom stereocenters. The number of hydrogen-bond acceptors (Lipinski definition) is 4. The largest absolute Gasteiger partial charge is 0.388 e. The van der Waals surface area contributed by atoms with Crippen molar-refractivity contribution in [2.24, 2.45) is 15.7 Å². The maximum absolute atomic E-state index is 7.61. The molecule has 2 aromatic rings. The molecule has 0 bridgehead atoms. The average Bonchev–Trinajstić information content (AvgIpc) is 2.85. The predicted octanol–water partition coefficient (Wildman–Crippen LogP) is 7.11. The van der Waals surface area contributed by atoms with Crippen molar-refractivity contribution in [3.63, 3.8) is 0 Å². The van der Waals surface area contributed by atoms with Gasteiger partial charge in [0.1, 0.15) is 0 Å². The third-order valence-electron chi connectivity index (χ3n) is 4.33.